The number of esters is 2. The Kier molecular flexibility index (Phi) is 21.6. The Hall–Kier alpha value is -10.3. The Morgan fingerprint density at radius 2 is 0.900 bits per heavy atom. The molecule has 9 rings (SSSR count). The van der Waals surface area contributed by atoms with Crippen LogP contribution in [0.25, 0.3) is 23.3 Å². The Balaban J connectivity index is 0.000000173. The minimum atomic E-state index is -0.711. The molecule has 9 aromatic carbocycles. The van der Waals surface area contributed by atoms with E-state index in [1.807, 2.05) is 107 Å². The zero-order valence-corrected chi connectivity index (χ0v) is 44.8. The number of halogens is 4. The van der Waals surface area contributed by atoms with Gasteiger partial charge in [-0.1, -0.05) is 137 Å². The van der Waals surface area contributed by atoms with Crippen LogP contribution in [0.1, 0.15) is 81.9 Å². The first-order valence-corrected chi connectivity index (χ1v) is 25.0. The molecule has 0 N–H and O–H groups in total. The average Bonchev–Trinajstić information content (AvgIpc) is 3.46. The summed E-state index contributed by atoms with van der Waals surface area (Å²) in [7, 11) is 0. The van der Waals surface area contributed by atoms with Crippen molar-refractivity contribution in [2.24, 2.45) is 4.99 Å². The molecule has 0 bridgehead atoms. The molecule has 7 nitrogen and oxygen atoms in total. The summed E-state index contributed by atoms with van der Waals surface area (Å²) in [5.41, 5.74) is 11.2. The van der Waals surface area contributed by atoms with Crippen molar-refractivity contribution in [3.8, 4) is 46.6 Å². The second-order valence-electron chi connectivity index (χ2n) is 17.9. The summed E-state index contributed by atoms with van der Waals surface area (Å²) in [4.78, 5) is 27.2. The van der Waals surface area contributed by atoms with Crippen LogP contribution in [0.2, 0.25) is 0 Å². The highest BCUT2D eigenvalue weighted by atomic mass is 32.1. The number of hydrogen-bond acceptors (Lipinski definition) is 8. The maximum Gasteiger partial charge on any atom is 0.343 e. The van der Waals surface area contributed by atoms with Crippen molar-refractivity contribution in [1.82, 2.24) is 0 Å². The number of aliphatic imine (C=N–C) groups is 1. The van der Waals surface area contributed by atoms with Crippen LogP contribution in [-0.4, -0.2) is 17.1 Å². The van der Waals surface area contributed by atoms with Crippen LogP contribution in [-0.2, 0) is 0 Å². The van der Waals surface area contributed by atoms with Crippen molar-refractivity contribution in [3.63, 3.8) is 0 Å². The normalized spacial score (nSPS) is 9.99. The number of nitriles is 2. The molecular weight excluding hydrogens is 1030 g/mol. The minimum absolute atomic E-state index is 0.0714. The fraction of sp³-hybridized carbons (Fsp3) is 0.0735. The van der Waals surface area contributed by atoms with Crippen LogP contribution >= 0.6 is 12.2 Å². The number of carbonyl (C=O) groups excluding carboxylic acids is 2. The first kappa shape index (κ1) is 59.0. The van der Waals surface area contributed by atoms with Gasteiger partial charge in [-0.25, -0.2) is 27.2 Å². The lowest BCUT2D eigenvalue weighted by atomic mass is 10.0. The van der Waals surface area contributed by atoms with Crippen LogP contribution in [0.5, 0.6) is 11.5 Å². The van der Waals surface area contributed by atoms with Crippen LogP contribution in [0.15, 0.2) is 199 Å². The zero-order chi connectivity index (χ0) is 57.6. The molecule has 12 heteroatoms. The average molecular weight is 1080 g/mol. The smallest absolute Gasteiger partial charge is 0.343 e. The van der Waals surface area contributed by atoms with Crippen molar-refractivity contribution in [2.45, 2.75) is 34.6 Å². The van der Waals surface area contributed by atoms with Gasteiger partial charge in [0, 0.05) is 11.6 Å². The van der Waals surface area contributed by atoms with Gasteiger partial charge in [-0.3, -0.25) is 0 Å². The van der Waals surface area contributed by atoms with E-state index >= 15 is 0 Å². The molecule has 0 spiro atoms. The molecule has 0 unspecified atom stereocenters. The van der Waals surface area contributed by atoms with Crippen LogP contribution in [0.4, 0.5) is 23.2 Å². The van der Waals surface area contributed by atoms with Crippen LogP contribution in [0, 0.1) is 92.4 Å². The van der Waals surface area contributed by atoms with E-state index in [9.17, 15) is 27.2 Å². The minimum Gasteiger partial charge on any atom is -0.423 e. The molecule has 9 aromatic rings. The molecule has 0 amide bonds. The van der Waals surface area contributed by atoms with E-state index in [1.165, 1.54) is 41.5 Å². The first-order chi connectivity index (χ1) is 38.5. The first-order valence-electron chi connectivity index (χ1n) is 24.5. The van der Waals surface area contributed by atoms with Gasteiger partial charge < -0.3 is 9.47 Å². The molecule has 0 fully saturated rings. The number of nitrogens with zero attached hydrogens (tertiary/aromatic N) is 3. The standard InChI is InChI=1S/C22H16F2.C16H12FNS.C15H10FNO2.C15H11NO2/c1-15-3-8-18(9-4-15)19-10-5-17(6-11-19)7-12-20-21(23)13-16(2)14-22(20)24;1-12-2-4-13(5-3-12)6-7-14-8-9-16(18-11-19)15(17)10-14;1-10-2-4-11(5-3-10)15(18)19-13-7-6-12(9-17)14(16)8-13;1-11-2-6-13(7-3-11)15(17)18-14-8-4-12(10-16)5-9-14/h3-6,8-11,13-14H,1-2H3;2-10H,1H3;2-8H,1H3;2-9H,1H3/b;7-6+;;. The predicted molar refractivity (Wildman–Crippen MR) is 309 cm³/mol. The number of isothiocyanates is 1. The Morgan fingerprint density at radius 3 is 1.39 bits per heavy atom. The maximum absolute atomic E-state index is 13.8. The third-order valence-corrected chi connectivity index (χ3v) is 11.6. The van der Waals surface area contributed by atoms with Crippen molar-refractivity contribution in [3.05, 3.63) is 290 Å². The molecule has 0 saturated carbocycles. The molecule has 0 saturated heterocycles. The lowest BCUT2D eigenvalue weighted by Gasteiger charge is -2.05. The van der Waals surface area contributed by atoms with Crippen molar-refractivity contribution < 1.29 is 36.6 Å². The number of ether oxygens (including phenoxy) is 2. The predicted octanol–water partition coefficient (Wildman–Crippen LogP) is 17.0. The van der Waals surface area contributed by atoms with Crippen molar-refractivity contribution in [2.75, 3.05) is 0 Å². The lowest BCUT2D eigenvalue weighted by molar-refractivity contribution is 0.0725. The molecular formula is C68H49F4N3O4S. The Labute approximate surface area is 468 Å². The van der Waals surface area contributed by atoms with E-state index in [4.69, 9.17) is 20.0 Å². The number of benzene rings is 9. The number of rotatable bonds is 8. The summed E-state index contributed by atoms with van der Waals surface area (Å²) in [6.45, 7) is 9.60. The monoisotopic (exact) mass is 1080 g/mol. The second-order valence-corrected chi connectivity index (χ2v) is 18.0. The largest absolute Gasteiger partial charge is 0.423 e. The molecule has 0 aromatic heterocycles. The summed E-state index contributed by atoms with van der Waals surface area (Å²) in [5, 5.41) is 19.4. The van der Waals surface area contributed by atoms with E-state index in [2.05, 4.69) is 58.5 Å². The van der Waals surface area contributed by atoms with Gasteiger partial charge in [0.2, 0.25) is 0 Å². The van der Waals surface area contributed by atoms with Crippen LogP contribution < -0.4 is 9.47 Å². The molecule has 0 aliphatic carbocycles. The number of hydrogen-bond donors (Lipinski definition) is 0. The van der Waals surface area contributed by atoms with E-state index in [-0.39, 0.29) is 22.6 Å². The van der Waals surface area contributed by atoms with Gasteiger partial charge in [-0.2, -0.15) is 15.5 Å². The third kappa shape index (κ3) is 18.2. The Bertz CT molecular complexity index is 3830. The van der Waals surface area contributed by atoms with Gasteiger partial charge in [0.1, 0.15) is 46.5 Å². The highest BCUT2D eigenvalue weighted by Crippen LogP contribution is 2.23. The van der Waals surface area contributed by atoms with E-state index in [0.717, 1.165) is 39.4 Å². The molecule has 0 atom stereocenters. The van der Waals surface area contributed by atoms with Gasteiger partial charge in [-0.05, 0) is 172 Å². The molecule has 0 heterocycles. The Morgan fingerprint density at radius 1 is 0.450 bits per heavy atom. The van der Waals surface area contributed by atoms with Gasteiger partial charge in [0.15, 0.2) is 0 Å². The van der Waals surface area contributed by atoms with Crippen molar-refractivity contribution in [1.29, 1.82) is 10.5 Å². The molecule has 0 aliphatic heterocycles. The summed E-state index contributed by atoms with van der Waals surface area (Å²) in [6, 6.07) is 59.2. The van der Waals surface area contributed by atoms with Gasteiger partial charge in [-0.15, -0.1) is 0 Å². The number of thiocarbonyl (C=S) groups is 1. The van der Waals surface area contributed by atoms with Crippen LogP contribution in [0.3, 0.4) is 0 Å². The highest BCUT2D eigenvalue weighted by Gasteiger charge is 2.12. The molecule has 80 heavy (non-hydrogen) atoms. The topological polar surface area (TPSA) is 113 Å². The third-order valence-electron chi connectivity index (χ3n) is 11.5. The summed E-state index contributed by atoms with van der Waals surface area (Å²) in [6.07, 6.45) is 3.80. The van der Waals surface area contributed by atoms with Gasteiger partial charge >= 0.3 is 11.9 Å². The SMILES string of the molecule is Cc1ccc(-c2ccc(C#Cc3c(F)cc(C)cc3F)cc2)cc1.Cc1ccc(/C=C/c2ccc(N=C=S)c(F)c2)cc1.Cc1ccc(C(=O)Oc2ccc(C#N)c(F)c2)cc1.Cc1ccc(C(=O)Oc2ccc(C#N)cc2)cc1. The van der Waals surface area contributed by atoms with E-state index in [0.29, 0.717) is 33.6 Å². The quantitative estimate of drug-likeness (QED) is 0.0283. The molecule has 0 radical (unpaired) electrons. The van der Waals surface area contributed by atoms with E-state index in [1.54, 1.807) is 85.8 Å². The fourth-order valence-electron chi connectivity index (χ4n) is 7.04. The summed E-state index contributed by atoms with van der Waals surface area (Å²) >= 11 is 4.45. The summed E-state index contributed by atoms with van der Waals surface area (Å²) < 4.78 is 64.7. The van der Waals surface area contributed by atoms with Gasteiger partial charge in [0.05, 0.1) is 39.0 Å². The maximum atomic E-state index is 13.8. The fourth-order valence-corrected chi connectivity index (χ4v) is 7.14. The summed E-state index contributed by atoms with van der Waals surface area (Å²) in [5.74, 6) is 2.58. The van der Waals surface area contributed by atoms with Gasteiger partial charge in [0.25, 0.3) is 0 Å². The molecule has 0 aliphatic rings. The number of aryl methyl sites for hydroxylation is 5. The zero-order valence-electron chi connectivity index (χ0n) is 44.0. The molecule has 394 valence electrons. The number of carbonyl (C=O) groups is 2. The second kappa shape index (κ2) is 29.3. The van der Waals surface area contributed by atoms with E-state index < -0.39 is 35.2 Å². The lowest BCUT2D eigenvalue weighted by Crippen LogP contribution is -2.08. The van der Waals surface area contributed by atoms with Crippen molar-refractivity contribution >= 4 is 47.2 Å². The highest BCUT2D eigenvalue weighted by molar-refractivity contribution is 7.78.